The van der Waals surface area contributed by atoms with E-state index in [0.717, 1.165) is 44.9 Å². The summed E-state index contributed by atoms with van der Waals surface area (Å²) in [5, 5.41) is 11.7. The van der Waals surface area contributed by atoms with E-state index in [2.05, 4.69) is 16.8 Å². The standard InChI is InChI=1S/C21H26N2O2S/c1-14-19(13-24)26-21(22-14)17-12-23(11-15-7-4-3-5-8-15)20-16(17)9-6-10-18(20)25-2/h6,9-10,12,15,24H,3-5,7-8,11,13H2,1-2H3. The number of nitrogens with zero attached hydrogens (tertiary/aromatic N) is 2. The van der Waals surface area contributed by atoms with E-state index in [-0.39, 0.29) is 6.61 Å². The van der Waals surface area contributed by atoms with Gasteiger partial charge in [0.05, 0.1) is 29.8 Å². The van der Waals surface area contributed by atoms with Crippen LogP contribution in [0, 0.1) is 12.8 Å². The molecular weight excluding hydrogens is 344 g/mol. The molecule has 1 N–H and O–H groups in total. The number of thiazole rings is 1. The highest BCUT2D eigenvalue weighted by Crippen LogP contribution is 2.39. The van der Waals surface area contributed by atoms with Crippen molar-refractivity contribution in [2.45, 2.75) is 52.2 Å². The third-order valence-electron chi connectivity index (χ3n) is 5.53. The van der Waals surface area contributed by atoms with Crippen LogP contribution in [0.3, 0.4) is 0 Å². The van der Waals surface area contributed by atoms with Gasteiger partial charge in [-0.05, 0) is 31.7 Å². The average Bonchev–Trinajstić information content (AvgIpc) is 3.23. The van der Waals surface area contributed by atoms with Crippen LogP contribution in [-0.2, 0) is 13.2 Å². The van der Waals surface area contributed by atoms with Crippen molar-refractivity contribution in [1.82, 2.24) is 9.55 Å². The van der Waals surface area contributed by atoms with Crippen LogP contribution in [0.4, 0.5) is 0 Å². The third-order valence-corrected chi connectivity index (χ3v) is 6.70. The average molecular weight is 371 g/mol. The van der Waals surface area contributed by atoms with Gasteiger partial charge in [0.15, 0.2) is 0 Å². The van der Waals surface area contributed by atoms with Crippen LogP contribution in [0.2, 0.25) is 0 Å². The third kappa shape index (κ3) is 3.14. The molecule has 0 aliphatic heterocycles. The largest absolute Gasteiger partial charge is 0.495 e. The van der Waals surface area contributed by atoms with Gasteiger partial charge in [-0.15, -0.1) is 11.3 Å². The number of ether oxygens (including phenoxy) is 1. The minimum atomic E-state index is 0.0491. The van der Waals surface area contributed by atoms with Gasteiger partial charge in [-0.2, -0.15) is 0 Å². The minimum absolute atomic E-state index is 0.0491. The molecule has 3 aromatic rings. The number of hydrogen-bond acceptors (Lipinski definition) is 4. The highest BCUT2D eigenvalue weighted by molar-refractivity contribution is 7.15. The Hall–Kier alpha value is -1.85. The molecule has 1 saturated carbocycles. The smallest absolute Gasteiger partial charge is 0.143 e. The van der Waals surface area contributed by atoms with Gasteiger partial charge in [-0.25, -0.2) is 4.98 Å². The lowest BCUT2D eigenvalue weighted by Gasteiger charge is -2.22. The molecule has 0 unspecified atom stereocenters. The first kappa shape index (κ1) is 17.6. The Morgan fingerprint density at radius 2 is 2.08 bits per heavy atom. The Morgan fingerprint density at radius 1 is 1.27 bits per heavy atom. The van der Waals surface area contributed by atoms with Crippen LogP contribution in [0.15, 0.2) is 24.4 Å². The lowest BCUT2D eigenvalue weighted by atomic mass is 9.89. The molecule has 0 bridgehead atoms. The van der Waals surface area contributed by atoms with Gasteiger partial charge >= 0.3 is 0 Å². The maximum atomic E-state index is 9.54. The molecule has 1 fully saturated rings. The number of aliphatic hydroxyl groups excluding tert-OH is 1. The number of para-hydroxylation sites is 1. The monoisotopic (exact) mass is 370 g/mol. The van der Waals surface area contributed by atoms with Gasteiger partial charge in [0.2, 0.25) is 0 Å². The van der Waals surface area contributed by atoms with Gasteiger partial charge in [-0.1, -0.05) is 31.4 Å². The van der Waals surface area contributed by atoms with Crippen molar-refractivity contribution in [2.75, 3.05) is 7.11 Å². The van der Waals surface area contributed by atoms with Crippen LogP contribution in [0.5, 0.6) is 5.75 Å². The fourth-order valence-electron chi connectivity index (χ4n) is 4.14. The van der Waals surface area contributed by atoms with E-state index in [4.69, 9.17) is 9.72 Å². The van der Waals surface area contributed by atoms with Crippen molar-refractivity contribution in [3.05, 3.63) is 35.0 Å². The van der Waals surface area contributed by atoms with Crippen molar-refractivity contribution in [2.24, 2.45) is 5.92 Å². The number of fused-ring (bicyclic) bond motifs is 1. The number of hydrogen-bond donors (Lipinski definition) is 1. The van der Waals surface area contributed by atoms with E-state index in [1.165, 1.54) is 37.5 Å². The number of aryl methyl sites for hydroxylation is 1. The van der Waals surface area contributed by atoms with Crippen LogP contribution >= 0.6 is 11.3 Å². The fourth-order valence-corrected chi connectivity index (χ4v) is 5.09. The quantitative estimate of drug-likeness (QED) is 0.675. The van der Waals surface area contributed by atoms with Crippen LogP contribution in [0.25, 0.3) is 21.5 Å². The van der Waals surface area contributed by atoms with Crippen molar-refractivity contribution in [1.29, 1.82) is 0 Å². The first-order chi connectivity index (χ1) is 12.7. The van der Waals surface area contributed by atoms with E-state index in [9.17, 15) is 5.11 Å². The van der Waals surface area contributed by atoms with Crippen molar-refractivity contribution < 1.29 is 9.84 Å². The number of methoxy groups -OCH3 is 1. The number of benzene rings is 1. The second kappa shape index (κ2) is 7.41. The summed E-state index contributed by atoms with van der Waals surface area (Å²) in [5.41, 5.74) is 3.22. The SMILES string of the molecule is COc1cccc2c(-c3nc(C)c(CO)s3)cn(CC3CCCCC3)c12. The first-order valence-corrected chi connectivity index (χ1v) is 10.3. The van der Waals surface area contributed by atoms with Gasteiger partial charge < -0.3 is 14.4 Å². The molecule has 0 atom stereocenters. The number of aliphatic hydroxyl groups is 1. The molecule has 1 aliphatic rings. The molecule has 0 spiro atoms. The summed E-state index contributed by atoms with van der Waals surface area (Å²) in [5.74, 6) is 1.66. The molecule has 4 nitrogen and oxygen atoms in total. The van der Waals surface area contributed by atoms with Crippen LogP contribution < -0.4 is 4.74 Å². The minimum Gasteiger partial charge on any atom is -0.495 e. The van der Waals surface area contributed by atoms with E-state index in [0.29, 0.717) is 0 Å². The zero-order chi connectivity index (χ0) is 18.1. The van der Waals surface area contributed by atoms with E-state index in [1.807, 2.05) is 19.1 Å². The van der Waals surface area contributed by atoms with Crippen molar-refractivity contribution >= 4 is 22.2 Å². The van der Waals surface area contributed by atoms with Crippen LogP contribution in [-0.4, -0.2) is 21.8 Å². The summed E-state index contributed by atoms with van der Waals surface area (Å²) in [6.07, 6.45) is 8.93. The van der Waals surface area contributed by atoms with Crippen molar-refractivity contribution in [3.8, 4) is 16.3 Å². The molecule has 1 aromatic carbocycles. The summed E-state index contributed by atoms with van der Waals surface area (Å²) in [7, 11) is 1.74. The van der Waals surface area contributed by atoms with E-state index in [1.54, 1.807) is 18.4 Å². The summed E-state index contributed by atoms with van der Waals surface area (Å²) < 4.78 is 8.05. The maximum Gasteiger partial charge on any atom is 0.143 e. The molecule has 0 saturated heterocycles. The predicted molar refractivity (Wildman–Crippen MR) is 107 cm³/mol. The molecule has 4 rings (SSSR count). The summed E-state index contributed by atoms with van der Waals surface area (Å²) in [4.78, 5) is 5.66. The fraction of sp³-hybridized carbons (Fsp3) is 0.476. The molecule has 2 heterocycles. The number of aromatic nitrogens is 2. The first-order valence-electron chi connectivity index (χ1n) is 9.44. The van der Waals surface area contributed by atoms with Gasteiger partial charge in [-0.3, -0.25) is 0 Å². The zero-order valence-corrected chi connectivity index (χ0v) is 16.3. The lowest BCUT2D eigenvalue weighted by molar-refractivity contribution is 0.284. The van der Waals surface area contributed by atoms with Gasteiger partial charge in [0.1, 0.15) is 10.8 Å². The van der Waals surface area contributed by atoms with Crippen molar-refractivity contribution in [3.63, 3.8) is 0 Å². The Labute approximate surface area is 158 Å². The highest BCUT2D eigenvalue weighted by atomic mass is 32.1. The summed E-state index contributed by atoms with van der Waals surface area (Å²) in [6.45, 7) is 3.05. The lowest BCUT2D eigenvalue weighted by Crippen LogP contribution is -2.13. The zero-order valence-electron chi connectivity index (χ0n) is 15.5. The molecule has 0 amide bonds. The Morgan fingerprint density at radius 3 is 2.77 bits per heavy atom. The second-order valence-corrected chi connectivity index (χ2v) is 8.32. The molecule has 2 aromatic heterocycles. The molecular formula is C21H26N2O2S. The Bertz CT molecular complexity index is 906. The van der Waals surface area contributed by atoms with E-state index >= 15 is 0 Å². The molecule has 0 radical (unpaired) electrons. The molecule has 1 aliphatic carbocycles. The molecule has 138 valence electrons. The van der Waals surface area contributed by atoms with Gasteiger partial charge in [0, 0.05) is 23.7 Å². The maximum absolute atomic E-state index is 9.54. The summed E-state index contributed by atoms with van der Waals surface area (Å²) in [6, 6.07) is 6.23. The Kier molecular flexibility index (Phi) is 5.00. The predicted octanol–water partition coefficient (Wildman–Crippen LogP) is 5.15. The molecule has 26 heavy (non-hydrogen) atoms. The second-order valence-electron chi connectivity index (χ2n) is 7.24. The van der Waals surface area contributed by atoms with E-state index < -0.39 is 0 Å². The van der Waals surface area contributed by atoms with Gasteiger partial charge in [0.25, 0.3) is 0 Å². The highest BCUT2D eigenvalue weighted by Gasteiger charge is 2.20. The Balaban J connectivity index is 1.82. The molecule has 5 heteroatoms. The van der Waals surface area contributed by atoms with Crippen LogP contribution in [0.1, 0.15) is 42.7 Å². The normalized spacial score (nSPS) is 15.7. The summed E-state index contributed by atoms with van der Waals surface area (Å²) >= 11 is 1.59. The number of rotatable bonds is 5. The topological polar surface area (TPSA) is 47.3 Å².